The molecule has 148 valence electrons. The Labute approximate surface area is 164 Å². The number of aliphatic hydroxyl groups excluding tert-OH is 1. The van der Waals surface area contributed by atoms with Crippen LogP contribution in [0, 0.1) is 0 Å². The molecule has 0 atom stereocenters. The van der Waals surface area contributed by atoms with Gasteiger partial charge in [0.15, 0.2) is 0 Å². The second-order valence-corrected chi connectivity index (χ2v) is 6.08. The fourth-order valence-electron chi connectivity index (χ4n) is 2.59. The van der Waals surface area contributed by atoms with E-state index >= 15 is 0 Å². The number of anilines is 1. The van der Waals surface area contributed by atoms with Crippen molar-refractivity contribution in [2.75, 3.05) is 45.4 Å². The summed E-state index contributed by atoms with van der Waals surface area (Å²) in [7, 11) is 0. The maximum absolute atomic E-state index is 8.59. The van der Waals surface area contributed by atoms with Crippen LogP contribution < -0.4 is 10.5 Å². The Kier molecular flexibility index (Phi) is 7.43. The van der Waals surface area contributed by atoms with Crippen molar-refractivity contribution in [1.29, 1.82) is 0 Å². The highest BCUT2D eigenvalue weighted by molar-refractivity contribution is 5.61. The van der Waals surface area contributed by atoms with E-state index in [0.717, 1.165) is 28.4 Å². The summed E-state index contributed by atoms with van der Waals surface area (Å²) < 4.78 is 18.1. The van der Waals surface area contributed by atoms with Gasteiger partial charge in [0, 0.05) is 23.1 Å². The van der Waals surface area contributed by atoms with Gasteiger partial charge < -0.3 is 29.6 Å². The number of aliphatic hydroxyl groups is 1. The maximum atomic E-state index is 8.59. The van der Waals surface area contributed by atoms with E-state index in [0.29, 0.717) is 33.0 Å². The van der Waals surface area contributed by atoms with Crippen molar-refractivity contribution in [1.82, 2.24) is 9.55 Å². The first-order chi connectivity index (χ1) is 13.8. The van der Waals surface area contributed by atoms with E-state index in [-0.39, 0.29) is 6.61 Å². The molecule has 0 aliphatic heterocycles. The van der Waals surface area contributed by atoms with Gasteiger partial charge in [-0.05, 0) is 36.4 Å². The normalized spacial score (nSPS) is 10.9. The first-order valence-electron chi connectivity index (χ1n) is 9.16. The monoisotopic (exact) mass is 383 g/mol. The van der Waals surface area contributed by atoms with Gasteiger partial charge in [-0.1, -0.05) is 12.1 Å². The molecule has 0 fully saturated rings. The van der Waals surface area contributed by atoms with Gasteiger partial charge in [-0.15, -0.1) is 0 Å². The Morgan fingerprint density at radius 1 is 0.857 bits per heavy atom. The van der Waals surface area contributed by atoms with Crippen LogP contribution >= 0.6 is 0 Å². The smallest absolute Gasteiger partial charge is 0.119 e. The van der Waals surface area contributed by atoms with Crippen molar-refractivity contribution < 1.29 is 19.3 Å². The maximum Gasteiger partial charge on any atom is 0.119 e. The first kappa shape index (κ1) is 19.9. The number of ether oxygens (including phenoxy) is 3. The fourth-order valence-corrected chi connectivity index (χ4v) is 2.59. The molecule has 0 amide bonds. The third kappa shape index (κ3) is 5.82. The molecule has 7 heteroatoms. The number of nitrogens with two attached hydrogens (primary N) is 1. The van der Waals surface area contributed by atoms with Crippen molar-refractivity contribution in [3.8, 4) is 22.7 Å². The van der Waals surface area contributed by atoms with Crippen molar-refractivity contribution in [3.63, 3.8) is 0 Å². The summed E-state index contributed by atoms with van der Waals surface area (Å²) in [5, 5.41) is 8.59. The minimum atomic E-state index is 0.0286. The summed E-state index contributed by atoms with van der Waals surface area (Å²) in [4.78, 5) is 4.46. The molecule has 0 saturated heterocycles. The SMILES string of the molecule is Nc1ccc(-c2cn(-c3ccc(OCCOCCOCCO)cc3)cn2)cc1. The first-order valence-corrected chi connectivity index (χ1v) is 9.16. The number of nitrogens with zero attached hydrogens (tertiary/aromatic N) is 2. The van der Waals surface area contributed by atoms with Crippen molar-refractivity contribution in [2.45, 2.75) is 0 Å². The molecule has 2 aromatic carbocycles. The van der Waals surface area contributed by atoms with E-state index < -0.39 is 0 Å². The van der Waals surface area contributed by atoms with Gasteiger partial charge in [-0.25, -0.2) is 4.98 Å². The summed E-state index contributed by atoms with van der Waals surface area (Å²) >= 11 is 0. The molecule has 0 bridgehead atoms. The molecule has 0 saturated carbocycles. The Hall–Kier alpha value is -2.87. The van der Waals surface area contributed by atoms with E-state index in [1.807, 2.05) is 59.3 Å². The average Bonchev–Trinajstić information content (AvgIpc) is 3.21. The Morgan fingerprint density at radius 2 is 1.54 bits per heavy atom. The molecule has 7 nitrogen and oxygen atoms in total. The lowest BCUT2D eigenvalue weighted by atomic mass is 10.1. The lowest BCUT2D eigenvalue weighted by molar-refractivity contribution is 0.0247. The summed E-state index contributed by atoms with van der Waals surface area (Å²) in [5.74, 6) is 0.780. The molecule has 0 unspecified atom stereocenters. The quantitative estimate of drug-likeness (QED) is 0.391. The number of rotatable bonds is 11. The molecular weight excluding hydrogens is 358 g/mol. The highest BCUT2D eigenvalue weighted by atomic mass is 16.5. The van der Waals surface area contributed by atoms with Crippen molar-refractivity contribution >= 4 is 5.69 Å². The zero-order valence-electron chi connectivity index (χ0n) is 15.7. The van der Waals surface area contributed by atoms with Gasteiger partial charge >= 0.3 is 0 Å². The zero-order valence-corrected chi connectivity index (χ0v) is 15.7. The molecule has 0 radical (unpaired) electrons. The number of nitrogen functional groups attached to an aromatic ring is 1. The van der Waals surface area contributed by atoms with Crippen LogP contribution in [-0.2, 0) is 9.47 Å². The van der Waals surface area contributed by atoms with Crippen molar-refractivity contribution in [2.24, 2.45) is 0 Å². The van der Waals surface area contributed by atoms with Gasteiger partial charge in [0.1, 0.15) is 12.4 Å². The molecule has 1 heterocycles. The molecule has 0 aliphatic rings. The number of hydrogen-bond acceptors (Lipinski definition) is 6. The van der Waals surface area contributed by atoms with Gasteiger partial charge in [0.05, 0.1) is 45.1 Å². The van der Waals surface area contributed by atoms with Crippen LogP contribution in [0.3, 0.4) is 0 Å². The Morgan fingerprint density at radius 3 is 2.25 bits per heavy atom. The molecule has 28 heavy (non-hydrogen) atoms. The second kappa shape index (κ2) is 10.5. The van der Waals surface area contributed by atoms with E-state index in [1.54, 1.807) is 6.33 Å². The lowest BCUT2D eigenvalue weighted by Gasteiger charge is -2.08. The second-order valence-electron chi connectivity index (χ2n) is 6.08. The van der Waals surface area contributed by atoms with E-state index in [1.165, 1.54) is 0 Å². The van der Waals surface area contributed by atoms with Crippen LogP contribution in [0.15, 0.2) is 61.1 Å². The molecule has 3 aromatic rings. The third-order valence-corrected chi connectivity index (χ3v) is 4.03. The summed E-state index contributed by atoms with van der Waals surface area (Å²) in [6, 6.07) is 15.4. The Balaban J connectivity index is 1.46. The predicted molar refractivity (Wildman–Crippen MR) is 108 cm³/mol. The average molecular weight is 383 g/mol. The molecule has 3 rings (SSSR count). The highest BCUT2D eigenvalue weighted by Gasteiger charge is 2.04. The van der Waals surface area contributed by atoms with E-state index in [4.69, 9.17) is 25.1 Å². The van der Waals surface area contributed by atoms with Crippen LogP contribution in [0.5, 0.6) is 5.75 Å². The Bertz CT molecular complexity index is 832. The van der Waals surface area contributed by atoms with E-state index in [9.17, 15) is 0 Å². The van der Waals surface area contributed by atoms with E-state index in [2.05, 4.69) is 4.98 Å². The molecule has 0 spiro atoms. The zero-order chi connectivity index (χ0) is 19.6. The third-order valence-electron chi connectivity index (χ3n) is 4.03. The summed E-state index contributed by atoms with van der Waals surface area (Å²) in [5.41, 5.74) is 9.38. The molecule has 0 aliphatic carbocycles. The topological polar surface area (TPSA) is 91.8 Å². The fraction of sp³-hybridized carbons (Fsp3) is 0.286. The number of hydrogen-bond donors (Lipinski definition) is 2. The van der Waals surface area contributed by atoms with Gasteiger partial charge in [-0.2, -0.15) is 0 Å². The van der Waals surface area contributed by atoms with Crippen LogP contribution in [-0.4, -0.2) is 54.3 Å². The van der Waals surface area contributed by atoms with Crippen LogP contribution in [0.2, 0.25) is 0 Å². The number of imidazole rings is 1. The number of aromatic nitrogens is 2. The minimum absolute atomic E-state index is 0.0286. The summed E-state index contributed by atoms with van der Waals surface area (Å²) in [6.07, 6.45) is 3.77. The molecule has 3 N–H and O–H groups in total. The largest absolute Gasteiger partial charge is 0.491 e. The van der Waals surface area contributed by atoms with Gasteiger partial charge in [0.2, 0.25) is 0 Å². The van der Waals surface area contributed by atoms with Gasteiger partial charge in [0.25, 0.3) is 0 Å². The minimum Gasteiger partial charge on any atom is -0.491 e. The molecule has 1 aromatic heterocycles. The van der Waals surface area contributed by atoms with Crippen LogP contribution in [0.25, 0.3) is 16.9 Å². The van der Waals surface area contributed by atoms with Crippen LogP contribution in [0.1, 0.15) is 0 Å². The lowest BCUT2D eigenvalue weighted by Crippen LogP contribution is -2.11. The number of benzene rings is 2. The predicted octanol–water partition coefficient (Wildman–Crippen LogP) is 2.53. The van der Waals surface area contributed by atoms with Crippen molar-refractivity contribution in [3.05, 3.63) is 61.1 Å². The van der Waals surface area contributed by atoms with Gasteiger partial charge in [-0.3, -0.25) is 0 Å². The highest BCUT2D eigenvalue weighted by Crippen LogP contribution is 2.21. The summed E-state index contributed by atoms with van der Waals surface area (Å²) in [6.45, 7) is 2.27. The van der Waals surface area contributed by atoms with Crippen LogP contribution in [0.4, 0.5) is 5.69 Å². The molecular formula is C21H25N3O4. The standard InChI is InChI=1S/C21H25N3O4/c22-18-3-1-17(2-4-18)21-15-24(16-23-21)19-5-7-20(8-6-19)28-14-13-27-12-11-26-10-9-25/h1-8,15-16,25H,9-14,22H2.